The molecule has 0 unspecified atom stereocenters. The Morgan fingerprint density at radius 1 is 1.03 bits per heavy atom. The average Bonchev–Trinajstić information content (AvgIpc) is 2.93. The van der Waals surface area contributed by atoms with Crippen LogP contribution in [-0.4, -0.2) is 61.1 Å². The lowest BCUT2D eigenvalue weighted by Gasteiger charge is -2.36. The Kier molecular flexibility index (Phi) is 7.66. The van der Waals surface area contributed by atoms with Gasteiger partial charge in [-0.05, 0) is 48.9 Å². The molecular weight excluding hydrogens is 454 g/mol. The fourth-order valence-electron chi connectivity index (χ4n) is 4.09. The number of ether oxygens (including phenoxy) is 2. The van der Waals surface area contributed by atoms with Gasteiger partial charge in [-0.1, -0.05) is 6.58 Å². The molecule has 0 atom stereocenters. The number of aliphatic imine (C=N–C) groups is 1. The lowest BCUT2D eigenvalue weighted by molar-refractivity contribution is 0.354. The van der Waals surface area contributed by atoms with Gasteiger partial charge in [-0.2, -0.15) is 5.26 Å². The molecule has 0 spiro atoms. The summed E-state index contributed by atoms with van der Waals surface area (Å²) in [5, 5.41) is 12.2. The van der Waals surface area contributed by atoms with Crippen LogP contribution in [0.1, 0.15) is 16.7 Å². The summed E-state index contributed by atoms with van der Waals surface area (Å²) in [6, 6.07) is 13.3. The molecule has 1 aliphatic rings. The fraction of sp³-hybridized carbons (Fsp3) is 0.259. The summed E-state index contributed by atoms with van der Waals surface area (Å²) in [6.45, 7) is 8.88. The van der Waals surface area contributed by atoms with E-state index < -0.39 is 0 Å². The van der Waals surface area contributed by atoms with Gasteiger partial charge in [0.25, 0.3) is 0 Å². The van der Waals surface area contributed by atoms with Crippen molar-refractivity contribution >= 4 is 23.2 Å². The van der Waals surface area contributed by atoms with Crippen LogP contribution in [0.4, 0.5) is 17.3 Å². The summed E-state index contributed by atoms with van der Waals surface area (Å²) in [5.74, 6) is 2.89. The molecule has 0 saturated carbocycles. The largest absolute Gasteiger partial charge is 0.493 e. The van der Waals surface area contributed by atoms with E-state index in [1.165, 1.54) is 0 Å². The van der Waals surface area contributed by atoms with Gasteiger partial charge in [0.1, 0.15) is 5.84 Å². The topological polar surface area (TPSA) is 98.9 Å². The maximum Gasteiger partial charge on any atom is 0.225 e. The molecule has 184 valence electrons. The zero-order valence-corrected chi connectivity index (χ0v) is 20.7. The van der Waals surface area contributed by atoms with Crippen LogP contribution in [0.2, 0.25) is 0 Å². The van der Waals surface area contributed by atoms with Gasteiger partial charge in [0.05, 0.1) is 43.9 Å². The molecule has 9 nitrogen and oxygen atoms in total. The van der Waals surface area contributed by atoms with Gasteiger partial charge in [-0.15, -0.1) is 0 Å². The van der Waals surface area contributed by atoms with Crippen molar-refractivity contribution in [2.75, 3.05) is 50.6 Å². The molecule has 1 N–H and O–H groups in total. The summed E-state index contributed by atoms with van der Waals surface area (Å²) >= 11 is 0. The second-order valence-electron chi connectivity index (χ2n) is 8.22. The van der Waals surface area contributed by atoms with E-state index in [1.807, 2.05) is 31.2 Å². The maximum atomic E-state index is 8.94. The van der Waals surface area contributed by atoms with E-state index in [1.54, 1.807) is 44.9 Å². The SMILES string of the molecule is C=CN=C(c1cc(OC)c(OC)cc1C)N1CCN(c2ncc(Nc3ccc(C#N)cc3)cn2)CC1. The molecule has 1 saturated heterocycles. The highest BCUT2D eigenvalue weighted by Gasteiger charge is 2.24. The first kappa shape index (κ1) is 24.5. The van der Waals surface area contributed by atoms with Gasteiger partial charge in [0.2, 0.25) is 5.95 Å². The quantitative estimate of drug-likeness (QED) is 0.396. The summed E-state index contributed by atoms with van der Waals surface area (Å²) < 4.78 is 10.9. The number of aromatic nitrogens is 2. The van der Waals surface area contributed by atoms with Crippen LogP contribution >= 0.6 is 0 Å². The minimum absolute atomic E-state index is 0.619. The molecular formula is C27H29N7O2. The standard InChI is InChI=1S/C27H29N7O2/c1-5-29-26(23-15-25(36-4)24(35-3)14-19(23)2)33-10-12-34(13-11-33)27-30-17-22(18-31-27)32-21-8-6-20(16-28)7-9-21/h5-9,14-15,17-18,32H,1,10-13H2,2-4H3. The predicted octanol–water partition coefficient (Wildman–Crippen LogP) is 4.13. The van der Waals surface area contributed by atoms with Crippen LogP contribution in [0.3, 0.4) is 0 Å². The third kappa shape index (κ3) is 5.39. The van der Waals surface area contributed by atoms with Crippen molar-refractivity contribution < 1.29 is 9.47 Å². The van der Waals surface area contributed by atoms with Crippen molar-refractivity contribution in [1.82, 2.24) is 14.9 Å². The Bertz CT molecular complexity index is 1270. The monoisotopic (exact) mass is 483 g/mol. The molecule has 1 aliphatic heterocycles. The van der Waals surface area contributed by atoms with Crippen molar-refractivity contribution in [2.45, 2.75) is 6.92 Å². The Labute approximate surface area is 211 Å². The number of piperazine rings is 1. The van der Waals surface area contributed by atoms with Crippen molar-refractivity contribution in [3.8, 4) is 17.6 Å². The molecule has 0 aliphatic carbocycles. The third-order valence-electron chi connectivity index (χ3n) is 5.99. The Morgan fingerprint density at radius 2 is 1.67 bits per heavy atom. The summed E-state index contributed by atoms with van der Waals surface area (Å²) in [7, 11) is 3.26. The minimum atomic E-state index is 0.619. The molecule has 36 heavy (non-hydrogen) atoms. The average molecular weight is 484 g/mol. The normalized spacial score (nSPS) is 13.7. The maximum absolute atomic E-state index is 8.94. The van der Waals surface area contributed by atoms with Crippen LogP contribution in [-0.2, 0) is 0 Å². The van der Waals surface area contributed by atoms with Crippen LogP contribution in [0, 0.1) is 18.3 Å². The number of nitriles is 1. The highest BCUT2D eigenvalue weighted by molar-refractivity contribution is 6.01. The Hall–Kier alpha value is -4.58. The van der Waals surface area contributed by atoms with Crippen LogP contribution in [0.25, 0.3) is 0 Å². The molecule has 1 aromatic heterocycles. The fourth-order valence-corrected chi connectivity index (χ4v) is 4.09. The van der Waals surface area contributed by atoms with Crippen molar-refractivity contribution in [3.05, 3.63) is 78.3 Å². The van der Waals surface area contributed by atoms with E-state index in [4.69, 9.17) is 14.7 Å². The zero-order chi connectivity index (χ0) is 25.5. The number of aryl methyl sites for hydroxylation is 1. The number of nitrogens with one attached hydrogen (secondary N) is 1. The second kappa shape index (κ2) is 11.2. The van der Waals surface area contributed by atoms with Gasteiger partial charge < -0.3 is 24.6 Å². The molecule has 0 radical (unpaired) electrons. The van der Waals surface area contributed by atoms with Crippen molar-refractivity contribution in [1.29, 1.82) is 5.26 Å². The van der Waals surface area contributed by atoms with Crippen LogP contribution in [0.15, 0.2) is 66.6 Å². The van der Waals surface area contributed by atoms with E-state index in [-0.39, 0.29) is 0 Å². The summed E-state index contributed by atoms with van der Waals surface area (Å²) in [6.07, 6.45) is 5.11. The van der Waals surface area contributed by atoms with E-state index in [9.17, 15) is 0 Å². The van der Waals surface area contributed by atoms with Gasteiger partial charge in [0, 0.05) is 43.6 Å². The summed E-state index contributed by atoms with van der Waals surface area (Å²) in [5.41, 5.74) is 4.30. The highest BCUT2D eigenvalue weighted by Crippen LogP contribution is 2.31. The Morgan fingerprint density at radius 3 is 2.25 bits per heavy atom. The van der Waals surface area contributed by atoms with Gasteiger partial charge >= 0.3 is 0 Å². The van der Waals surface area contributed by atoms with Gasteiger partial charge in [0.15, 0.2) is 11.5 Å². The lowest BCUT2D eigenvalue weighted by Crippen LogP contribution is -2.49. The number of methoxy groups -OCH3 is 2. The van der Waals surface area contributed by atoms with Crippen molar-refractivity contribution in [3.63, 3.8) is 0 Å². The van der Waals surface area contributed by atoms with E-state index in [2.05, 4.69) is 42.7 Å². The lowest BCUT2D eigenvalue weighted by atomic mass is 10.0. The molecule has 9 heteroatoms. The molecule has 2 heterocycles. The zero-order valence-electron chi connectivity index (χ0n) is 20.7. The number of hydrogen-bond donors (Lipinski definition) is 1. The van der Waals surface area contributed by atoms with Crippen LogP contribution < -0.4 is 19.7 Å². The van der Waals surface area contributed by atoms with Gasteiger partial charge in [-0.25, -0.2) is 15.0 Å². The van der Waals surface area contributed by atoms with E-state index in [0.717, 1.165) is 54.5 Å². The number of nitrogens with zero attached hydrogens (tertiary/aromatic N) is 6. The van der Waals surface area contributed by atoms with E-state index in [0.29, 0.717) is 23.0 Å². The number of benzene rings is 2. The first-order chi connectivity index (χ1) is 17.6. The molecule has 4 rings (SSSR count). The first-order valence-corrected chi connectivity index (χ1v) is 11.6. The number of amidine groups is 1. The van der Waals surface area contributed by atoms with Gasteiger partial charge in [-0.3, -0.25) is 0 Å². The molecule has 0 bridgehead atoms. The van der Waals surface area contributed by atoms with Crippen molar-refractivity contribution in [2.24, 2.45) is 4.99 Å². The first-order valence-electron chi connectivity index (χ1n) is 11.6. The van der Waals surface area contributed by atoms with Crippen LogP contribution in [0.5, 0.6) is 11.5 Å². The second-order valence-corrected chi connectivity index (χ2v) is 8.22. The highest BCUT2D eigenvalue weighted by atomic mass is 16.5. The minimum Gasteiger partial charge on any atom is -0.493 e. The molecule has 3 aromatic rings. The molecule has 2 aromatic carbocycles. The molecule has 1 fully saturated rings. The number of hydrogen-bond acceptors (Lipinski definition) is 8. The number of rotatable bonds is 7. The Balaban J connectivity index is 1.43. The predicted molar refractivity (Wildman–Crippen MR) is 141 cm³/mol. The molecule has 0 amide bonds. The third-order valence-corrected chi connectivity index (χ3v) is 5.99. The smallest absolute Gasteiger partial charge is 0.225 e. The van der Waals surface area contributed by atoms with E-state index >= 15 is 0 Å². The summed E-state index contributed by atoms with van der Waals surface area (Å²) in [4.78, 5) is 18.1. The number of anilines is 3.